The minimum atomic E-state index is -4.98. The lowest BCUT2D eigenvalue weighted by Gasteiger charge is -2.08. The number of carbonyl (C=O) groups is 1. The molecule has 0 fully saturated rings. The average molecular weight is 209 g/mol. The number of carbonyl (C=O) groups excluding carboxylic acids is 1. The second-order valence-corrected chi connectivity index (χ2v) is 2.19. The van der Waals surface area contributed by atoms with Gasteiger partial charge >= 0.3 is 6.36 Å². The quantitative estimate of drug-likeness (QED) is 0.424. The number of pyridine rings is 1. The molecule has 0 saturated carbocycles. The lowest BCUT2D eigenvalue weighted by atomic mass is 10.3. The van der Waals surface area contributed by atoms with E-state index in [2.05, 4.69) is 9.72 Å². The first-order valence-corrected chi connectivity index (χ1v) is 3.30. The van der Waals surface area contributed by atoms with E-state index >= 15 is 0 Å². The summed E-state index contributed by atoms with van der Waals surface area (Å²) in [6.45, 7) is 0. The fraction of sp³-hybridized carbons (Fsp3) is 0.143. The van der Waals surface area contributed by atoms with Crippen LogP contribution in [0.4, 0.5) is 17.6 Å². The first kappa shape index (κ1) is 10.4. The molecule has 1 aromatic heterocycles. The highest BCUT2D eigenvalue weighted by Crippen LogP contribution is 2.24. The molecule has 0 aliphatic rings. The maximum Gasteiger partial charge on any atom is 0.573 e. The van der Waals surface area contributed by atoms with Gasteiger partial charge in [0.2, 0.25) is 0 Å². The van der Waals surface area contributed by atoms with E-state index in [0.717, 1.165) is 6.07 Å². The summed E-state index contributed by atoms with van der Waals surface area (Å²) in [7, 11) is 0. The second-order valence-electron chi connectivity index (χ2n) is 2.19. The smallest absolute Gasteiger partial charge is 0.401 e. The highest BCUT2D eigenvalue weighted by atomic mass is 19.4. The van der Waals surface area contributed by atoms with Gasteiger partial charge in [-0.25, -0.2) is 4.98 Å². The SMILES string of the molecule is O=Cc1ccc(OC(F)(F)F)c(F)n1. The molecule has 0 bridgehead atoms. The Morgan fingerprint density at radius 1 is 1.36 bits per heavy atom. The van der Waals surface area contributed by atoms with Crippen LogP contribution in [0.25, 0.3) is 0 Å². The van der Waals surface area contributed by atoms with Crippen molar-refractivity contribution >= 4 is 6.29 Å². The molecule has 7 heteroatoms. The number of halogens is 4. The van der Waals surface area contributed by atoms with Crippen molar-refractivity contribution in [3.8, 4) is 5.75 Å². The van der Waals surface area contributed by atoms with Crippen molar-refractivity contribution in [2.24, 2.45) is 0 Å². The van der Waals surface area contributed by atoms with Crippen molar-refractivity contribution in [1.29, 1.82) is 0 Å². The number of hydrogen-bond donors (Lipinski definition) is 0. The Bertz CT molecular complexity index is 350. The zero-order chi connectivity index (χ0) is 10.8. The van der Waals surface area contributed by atoms with Crippen LogP contribution in [-0.2, 0) is 0 Å². The minimum Gasteiger partial charge on any atom is -0.401 e. The summed E-state index contributed by atoms with van der Waals surface area (Å²) in [5.41, 5.74) is -0.308. The minimum absolute atomic E-state index is 0.209. The van der Waals surface area contributed by atoms with Gasteiger partial charge in [0.25, 0.3) is 5.95 Å². The third-order valence-corrected chi connectivity index (χ3v) is 1.18. The molecule has 0 unspecified atom stereocenters. The molecule has 3 nitrogen and oxygen atoms in total. The van der Waals surface area contributed by atoms with Crippen LogP contribution < -0.4 is 4.74 Å². The summed E-state index contributed by atoms with van der Waals surface area (Å²) in [5.74, 6) is -2.55. The molecule has 0 saturated heterocycles. The van der Waals surface area contributed by atoms with Crippen molar-refractivity contribution in [2.45, 2.75) is 6.36 Å². The Morgan fingerprint density at radius 3 is 2.43 bits per heavy atom. The number of hydrogen-bond acceptors (Lipinski definition) is 3. The Balaban J connectivity index is 2.95. The molecule has 0 N–H and O–H groups in total. The summed E-state index contributed by atoms with van der Waals surface area (Å²) in [6.07, 6.45) is -4.77. The predicted octanol–water partition coefficient (Wildman–Crippen LogP) is 1.93. The maximum atomic E-state index is 12.7. The molecular weight excluding hydrogens is 206 g/mol. The van der Waals surface area contributed by atoms with E-state index in [-0.39, 0.29) is 12.0 Å². The van der Waals surface area contributed by atoms with Gasteiger partial charge in [0.1, 0.15) is 5.69 Å². The van der Waals surface area contributed by atoms with Crippen LogP contribution in [0.2, 0.25) is 0 Å². The van der Waals surface area contributed by atoms with E-state index in [1.807, 2.05) is 0 Å². The van der Waals surface area contributed by atoms with Crippen LogP contribution in [0.15, 0.2) is 12.1 Å². The Labute approximate surface area is 75.3 Å². The highest BCUT2D eigenvalue weighted by Gasteiger charge is 2.32. The van der Waals surface area contributed by atoms with Gasteiger partial charge in [-0.1, -0.05) is 0 Å². The summed E-state index contributed by atoms with van der Waals surface area (Å²) < 4.78 is 50.8. The maximum absolute atomic E-state index is 12.7. The molecule has 0 aliphatic heterocycles. The van der Waals surface area contributed by atoms with Crippen molar-refractivity contribution in [2.75, 3.05) is 0 Å². The van der Waals surface area contributed by atoms with E-state index in [9.17, 15) is 22.4 Å². The number of nitrogens with zero attached hydrogens (tertiary/aromatic N) is 1. The average Bonchev–Trinajstić information content (AvgIpc) is 2.06. The number of rotatable bonds is 2. The standard InChI is InChI=1S/C7H3F4NO2/c8-6-5(14-7(9,10)11)2-1-4(3-13)12-6/h1-3H. The lowest BCUT2D eigenvalue weighted by molar-refractivity contribution is -0.275. The summed E-state index contributed by atoms with van der Waals surface area (Å²) in [5, 5.41) is 0. The first-order chi connectivity index (χ1) is 6.42. The largest absolute Gasteiger partial charge is 0.573 e. The van der Waals surface area contributed by atoms with Crippen LogP contribution >= 0.6 is 0 Å². The Morgan fingerprint density at radius 2 is 2.00 bits per heavy atom. The zero-order valence-electron chi connectivity index (χ0n) is 6.51. The molecule has 0 aliphatic carbocycles. The second kappa shape index (κ2) is 3.60. The highest BCUT2D eigenvalue weighted by molar-refractivity contribution is 5.71. The monoisotopic (exact) mass is 209 g/mol. The number of aromatic nitrogens is 1. The van der Waals surface area contributed by atoms with Gasteiger partial charge in [0.05, 0.1) is 0 Å². The molecule has 1 aromatic rings. The van der Waals surface area contributed by atoms with E-state index in [0.29, 0.717) is 6.07 Å². The molecule has 0 spiro atoms. The van der Waals surface area contributed by atoms with Gasteiger partial charge in [0, 0.05) is 0 Å². The molecule has 0 aromatic carbocycles. The third kappa shape index (κ3) is 2.68. The molecular formula is C7H3F4NO2. The van der Waals surface area contributed by atoms with Crippen LogP contribution in [0, 0.1) is 5.95 Å². The zero-order valence-corrected chi connectivity index (χ0v) is 6.51. The topological polar surface area (TPSA) is 39.2 Å². The van der Waals surface area contributed by atoms with Crippen molar-refractivity contribution < 1.29 is 27.1 Å². The molecule has 1 rings (SSSR count). The van der Waals surface area contributed by atoms with Gasteiger partial charge in [-0.05, 0) is 12.1 Å². The van der Waals surface area contributed by atoms with Gasteiger partial charge in [0.15, 0.2) is 12.0 Å². The number of alkyl halides is 3. The molecule has 14 heavy (non-hydrogen) atoms. The summed E-state index contributed by atoms with van der Waals surface area (Å²) in [4.78, 5) is 13.0. The fourth-order valence-electron chi connectivity index (χ4n) is 0.702. The van der Waals surface area contributed by atoms with E-state index in [1.54, 1.807) is 0 Å². The molecule has 1 heterocycles. The predicted molar refractivity (Wildman–Crippen MR) is 36.3 cm³/mol. The van der Waals surface area contributed by atoms with Gasteiger partial charge < -0.3 is 4.74 Å². The molecule has 0 atom stereocenters. The fourth-order valence-corrected chi connectivity index (χ4v) is 0.702. The van der Waals surface area contributed by atoms with E-state index in [1.165, 1.54) is 0 Å². The summed E-state index contributed by atoms with van der Waals surface area (Å²) in [6, 6.07) is 1.59. The van der Waals surface area contributed by atoms with Gasteiger partial charge in [-0.15, -0.1) is 13.2 Å². The van der Waals surface area contributed by atoms with Crippen molar-refractivity contribution in [3.63, 3.8) is 0 Å². The number of ether oxygens (including phenoxy) is 1. The normalized spacial score (nSPS) is 11.1. The van der Waals surface area contributed by atoms with Crippen molar-refractivity contribution in [1.82, 2.24) is 4.98 Å². The molecule has 0 radical (unpaired) electrons. The van der Waals surface area contributed by atoms with Crippen LogP contribution in [-0.4, -0.2) is 17.6 Å². The molecule has 76 valence electrons. The van der Waals surface area contributed by atoms with Crippen LogP contribution in [0.5, 0.6) is 5.75 Å². The van der Waals surface area contributed by atoms with Gasteiger partial charge in [-0.2, -0.15) is 4.39 Å². The van der Waals surface area contributed by atoms with Crippen LogP contribution in [0.3, 0.4) is 0 Å². The number of aldehydes is 1. The summed E-state index contributed by atoms with van der Waals surface area (Å²) >= 11 is 0. The third-order valence-electron chi connectivity index (χ3n) is 1.18. The Hall–Kier alpha value is -1.66. The molecule has 0 amide bonds. The first-order valence-electron chi connectivity index (χ1n) is 3.30. The van der Waals surface area contributed by atoms with E-state index in [4.69, 9.17) is 0 Å². The van der Waals surface area contributed by atoms with Crippen molar-refractivity contribution in [3.05, 3.63) is 23.8 Å². The van der Waals surface area contributed by atoms with E-state index < -0.39 is 18.1 Å². The lowest BCUT2D eigenvalue weighted by Crippen LogP contribution is -2.18. The van der Waals surface area contributed by atoms with Crippen LogP contribution in [0.1, 0.15) is 10.5 Å². The van der Waals surface area contributed by atoms with Gasteiger partial charge in [-0.3, -0.25) is 4.79 Å². The Kier molecular flexibility index (Phi) is 2.68.